The minimum Gasteiger partial charge on any atom is -0.331 e. The number of aryl methyl sites for hydroxylation is 2. The molecule has 0 saturated carbocycles. The van der Waals surface area contributed by atoms with Gasteiger partial charge < -0.3 is 5.32 Å². The maximum atomic E-state index is 5.35. The van der Waals surface area contributed by atoms with E-state index >= 15 is 0 Å². The van der Waals surface area contributed by atoms with Crippen LogP contribution in [0, 0.1) is 13.8 Å². The predicted molar refractivity (Wildman–Crippen MR) is 119 cm³/mol. The van der Waals surface area contributed by atoms with Crippen LogP contribution in [-0.2, 0) is 0 Å². The number of hydrogen-bond donors (Lipinski definition) is 2. The zero-order valence-corrected chi connectivity index (χ0v) is 16.6. The summed E-state index contributed by atoms with van der Waals surface area (Å²) in [5, 5.41) is 8.07. The van der Waals surface area contributed by atoms with Crippen molar-refractivity contribution in [3.05, 3.63) is 89.5 Å². The maximum absolute atomic E-state index is 5.35. The Hall–Kier alpha value is -2.98. The molecule has 0 aliphatic carbocycles. The lowest BCUT2D eigenvalue weighted by molar-refractivity contribution is 1.04. The van der Waals surface area contributed by atoms with Gasteiger partial charge in [-0.05, 0) is 61.3 Å². The van der Waals surface area contributed by atoms with E-state index in [2.05, 4.69) is 78.2 Å². The minimum atomic E-state index is 0.474. The molecule has 0 heterocycles. The van der Waals surface area contributed by atoms with Crippen molar-refractivity contribution in [1.29, 1.82) is 0 Å². The molecule has 2 N–H and O–H groups in total. The first-order chi connectivity index (χ1) is 13.0. The minimum absolute atomic E-state index is 0.474. The average Bonchev–Trinajstić information content (AvgIpc) is 2.69. The van der Waals surface area contributed by atoms with E-state index in [1.807, 2.05) is 31.2 Å². The van der Waals surface area contributed by atoms with Crippen LogP contribution in [0.25, 0.3) is 11.1 Å². The Morgan fingerprint density at radius 3 is 2.19 bits per heavy atom. The lowest BCUT2D eigenvalue weighted by Gasteiger charge is -2.11. The summed E-state index contributed by atoms with van der Waals surface area (Å²) < 4.78 is 0. The van der Waals surface area contributed by atoms with Gasteiger partial charge in [-0.2, -0.15) is 5.10 Å². The fourth-order valence-corrected chi connectivity index (χ4v) is 2.99. The highest BCUT2D eigenvalue weighted by atomic mass is 32.1. The van der Waals surface area contributed by atoms with Gasteiger partial charge in [0.2, 0.25) is 0 Å². The van der Waals surface area contributed by atoms with E-state index in [4.69, 9.17) is 12.2 Å². The molecule has 3 nitrogen and oxygen atoms in total. The standard InChI is InChI=1S/C23H23N3S/c1-16-9-14-22(17(2)15-16)24-23(27)26-25-18(3)19-10-12-21(13-11-19)20-7-5-4-6-8-20/h4-15H,1-3H3,(H2,24,26,27)/b25-18+. The van der Waals surface area contributed by atoms with Crippen LogP contribution in [0.3, 0.4) is 0 Å². The van der Waals surface area contributed by atoms with Crippen molar-refractivity contribution in [1.82, 2.24) is 5.43 Å². The molecule has 0 aromatic heterocycles. The van der Waals surface area contributed by atoms with Crippen molar-refractivity contribution in [2.75, 3.05) is 5.32 Å². The van der Waals surface area contributed by atoms with Gasteiger partial charge in [0.1, 0.15) is 0 Å². The molecule has 0 saturated heterocycles. The third-order valence-corrected chi connectivity index (χ3v) is 4.56. The van der Waals surface area contributed by atoms with E-state index < -0.39 is 0 Å². The highest BCUT2D eigenvalue weighted by Crippen LogP contribution is 2.19. The first kappa shape index (κ1) is 18.8. The molecular formula is C23H23N3S. The van der Waals surface area contributed by atoms with Gasteiger partial charge in [0, 0.05) is 5.69 Å². The Balaban J connectivity index is 1.64. The summed E-state index contributed by atoms with van der Waals surface area (Å²) in [4.78, 5) is 0. The number of rotatable bonds is 4. The molecule has 0 unspecified atom stereocenters. The topological polar surface area (TPSA) is 36.4 Å². The molecule has 0 spiro atoms. The zero-order chi connectivity index (χ0) is 19.2. The molecule has 0 amide bonds. The van der Waals surface area contributed by atoms with Crippen molar-refractivity contribution < 1.29 is 0 Å². The lowest BCUT2D eigenvalue weighted by Crippen LogP contribution is -2.25. The Kier molecular flexibility index (Phi) is 5.99. The van der Waals surface area contributed by atoms with Crippen molar-refractivity contribution >= 4 is 28.7 Å². The normalized spacial score (nSPS) is 11.1. The van der Waals surface area contributed by atoms with E-state index in [1.165, 1.54) is 16.7 Å². The molecule has 0 aliphatic heterocycles. The van der Waals surface area contributed by atoms with Gasteiger partial charge in [0.05, 0.1) is 5.71 Å². The van der Waals surface area contributed by atoms with Gasteiger partial charge in [-0.1, -0.05) is 72.3 Å². The molecule has 3 rings (SSSR count). The molecule has 136 valence electrons. The number of anilines is 1. The molecule has 4 heteroatoms. The number of nitrogens with zero attached hydrogens (tertiary/aromatic N) is 1. The molecule has 0 radical (unpaired) electrons. The highest BCUT2D eigenvalue weighted by Gasteiger charge is 2.03. The quantitative estimate of drug-likeness (QED) is 0.351. The van der Waals surface area contributed by atoms with Gasteiger partial charge in [0.25, 0.3) is 0 Å². The SMILES string of the molecule is C/C(=N\NC(=S)Nc1ccc(C)cc1C)c1ccc(-c2ccccc2)cc1. The second-order valence-electron chi connectivity index (χ2n) is 6.52. The molecule has 0 atom stereocenters. The van der Waals surface area contributed by atoms with E-state index in [0.717, 1.165) is 22.5 Å². The molecule has 3 aromatic carbocycles. The zero-order valence-electron chi connectivity index (χ0n) is 15.8. The average molecular weight is 374 g/mol. The second kappa shape index (κ2) is 8.60. The Morgan fingerprint density at radius 1 is 0.852 bits per heavy atom. The van der Waals surface area contributed by atoms with Gasteiger partial charge in [-0.3, -0.25) is 5.43 Å². The third kappa shape index (κ3) is 5.02. The van der Waals surface area contributed by atoms with Crippen LogP contribution in [0.15, 0.2) is 77.9 Å². The van der Waals surface area contributed by atoms with Crippen molar-refractivity contribution in [2.45, 2.75) is 20.8 Å². The number of hydrazone groups is 1. The number of benzene rings is 3. The second-order valence-corrected chi connectivity index (χ2v) is 6.93. The van der Waals surface area contributed by atoms with Crippen LogP contribution in [0.5, 0.6) is 0 Å². The van der Waals surface area contributed by atoms with Crippen LogP contribution in [0.4, 0.5) is 5.69 Å². The summed E-state index contributed by atoms with van der Waals surface area (Å²) in [5.41, 5.74) is 10.6. The monoisotopic (exact) mass is 373 g/mol. The van der Waals surface area contributed by atoms with Crippen molar-refractivity contribution in [3.63, 3.8) is 0 Å². The number of nitrogens with one attached hydrogen (secondary N) is 2. The number of thiocarbonyl (C=S) groups is 1. The van der Waals surface area contributed by atoms with E-state index in [9.17, 15) is 0 Å². The van der Waals surface area contributed by atoms with Crippen LogP contribution < -0.4 is 10.7 Å². The summed E-state index contributed by atoms with van der Waals surface area (Å²) in [6.45, 7) is 6.09. The van der Waals surface area contributed by atoms with Crippen LogP contribution in [0.1, 0.15) is 23.6 Å². The molecular weight excluding hydrogens is 350 g/mol. The first-order valence-corrected chi connectivity index (χ1v) is 9.28. The van der Waals surface area contributed by atoms with Crippen LogP contribution in [-0.4, -0.2) is 10.8 Å². The fraction of sp³-hybridized carbons (Fsp3) is 0.130. The fourth-order valence-electron chi connectivity index (χ4n) is 2.84. The largest absolute Gasteiger partial charge is 0.331 e. The van der Waals surface area contributed by atoms with E-state index in [-0.39, 0.29) is 0 Å². The van der Waals surface area contributed by atoms with E-state index in [0.29, 0.717) is 5.11 Å². The summed E-state index contributed by atoms with van der Waals surface area (Å²) >= 11 is 5.35. The van der Waals surface area contributed by atoms with Crippen LogP contribution >= 0.6 is 12.2 Å². The summed E-state index contributed by atoms with van der Waals surface area (Å²) in [5.74, 6) is 0. The molecule has 3 aromatic rings. The first-order valence-electron chi connectivity index (χ1n) is 8.87. The van der Waals surface area contributed by atoms with Gasteiger partial charge >= 0.3 is 0 Å². The highest BCUT2D eigenvalue weighted by molar-refractivity contribution is 7.80. The number of hydrogen-bond acceptors (Lipinski definition) is 2. The predicted octanol–water partition coefficient (Wildman–Crippen LogP) is 5.68. The lowest BCUT2D eigenvalue weighted by atomic mass is 10.0. The summed E-state index contributed by atoms with van der Waals surface area (Å²) in [6.07, 6.45) is 0. The molecule has 27 heavy (non-hydrogen) atoms. The smallest absolute Gasteiger partial charge is 0.191 e. The Morgan fingerprint density at radius 2 is 1.52 bits per heavy atom. The molecule has 0 bridgehead atoms. The van der Waals surface area contributed by atoms with Gasteiger partial charge in [-0.25, -0.2) is 0 Å². The summed E-state index contributed by atoms with van der Waals surface area (Å²) in [7, 11) is 0. The Bertz CT molecular complexity index is 961. The molecule has 0 aliphatic rings. The third-order valence-electron chi connectivity index (χ3n) is 4.37. The van der Waals surface area contributed by atoms with Crippen molar-refractivity contribution in [3.8, 4) is 11.1 Å². The molecule has 0 fully saturated rings. The maximum Gasteiger partial charge on any atom is 0.191 e. The summed E-state index contributed by atoms with van der Waals surface area (Å²) in [6, 6.07) is 24.9. The van der Waals surface area contributed by atoms with E-state index in [1.54, 1.807) is 0 Å². The van der Waals surface area contributed by atoms with Gasteiger partial charge in [-0.15, -0.1) is 0 Å². The van der Waals surface area contributed by atoms with Crippen molar-refractivity contribution in [2.24, 2.45) is 5.10 Å². The Labute approximate surface area is 166 Å². The van der Waals surface area contributed by atoms with Crippen LogP contribution in [0.2, 0.25) is 0 Å². The van der Waals surface area contributed by atoms with Gasteiger partial charge in [0.15, 0.2) is 5.11 Å².